The highest BCUT2D eigenvalue weighted by Gasteiger charge is 2.29. The molecule has 0 aliphatic carbocycles. The van der Waals surface area contributed by atoms with Crippen LogP contribution in [0.2, 0.25) is 0 Å². The van der Waals surface area contributed by atoms with Crippen molar-refractivity contribution >= 4 is 30.4 Å². The highest BCUT2D eigenvalue weighted by Crippen LogP contribution is 2.29. The van der Waals surface area contributed by atoms with Crippen LogP contribution in [0.5, 0.6) is 0 Å². The van der Waals surface area contributed by atoms with E-state index < -0.39 is 13.0 Å². The van der Waals surface area contributed by atoms with Gasteiger partial charge in [0.15, 0.2) is 6.61 Å². The van der Waals surface area contributed by atoms with Gasteiger partial charge >= 0.3 is 0 Å². The van der Waals surface area contributed by atoms with E-state index in [4.69, 9.17) is 9.47 Å². The maximum Gasteiger partial charge on any atom is 0.272 e. The summed E-state index contributed by atoms with van der Waals surface area (Å²) in [5.74, 6) is 0.0332. The molecule has 0 unspecified atom stereocenters. The minimum Gasteiger partial charge on any atom is -0.470 e. The lowest BCUT2D eigenvalue weighted by Crippen LogP contribution is -2.55. The van der Waals surface area contributed by atoms with Crippen molar-refractivity contribution in [3.05, 3.63) is 65.7 Å². The van der Waals surface area contributed by atoms with Crippen molar-refractivity contribution in [3.8, 4) is 0 Å². The van der Waals surface area contributed by atoms with E-state index in [1.807, 2.05) is 30.3 Å². The van der Waals surface area contributed by atoms with Crippen LogP contribution in [0.4, 0.5) is 14.5 Å². The van der Waals surface area contributed by atoms with E-state index in [0.717, 1.165) is 50.6 Å². The van der Waals surface area contributed by atoms with E-state index >= 15 is 0 Å². The normalized spacial score (nSPS) is 18.0. The van der Waals surface area contributed by atoms with Gasteiger partial charge < -0.3 is 9.47 Å². The summed E-state index contributed by atoms with van der Waals surface area (Å²) in [4.78, 5) is 2.51. The molecular weight excluding hydrogens is 460 g/mol. The predicted molar refractivity (Wildman–Crippen MR) is 132 cm³/mol. The Bertz CT molecular complexity index is 936. The van der Waals surface area contributed by atoms with E-state index in [0.29, 0.717) is 18.2 Å². The first-order valence-corrected chi connectivity index (χ1v) is 12.0. The van der Waals surface area contributed by atoms with Crippen LogP contribution in [-0.2, 0) is 16.0 Å². The highest BCUT2D eigenvalue weighted by molar-refractivity contribution is 7.98. The van der Waals surface area contributed by atoms with Gasteiger partial charge in [-0.25, -0.2) is 13.1 Å². The van der Waals surface area contributed by atoms with Crippen molar-refractivity contribution in [1.29, 1.82) is 0 Å². The van der Waals surface area contributed by atoms with Gasteiger partial charge in [-0.3, -0.25) is 9.21 Å². The monoisotopic (exact) mass is 489 g/mol. The Morgan fingerprint density at radius 3 is 2.38 bits per heavy atom. The fourth-order valence-electron chi connectivity index (χ4n) is 3.78. The first-order chi connectivity index (χ1) is 16.6. The maximum atomic E-state index is 12.5. The molecule has 2 saturated heterocycles. The SMILES string of the molecule is C=N/N=C(\OCC(F)F)c1ccc(CN(SN2CCN(C3COC3)CC2)c2ccccc2)cc1. The van der Waals surface area contributed by atoms with Gasteiger partial charge in [0.25, 0.3) is 6.43 Å². The van der Waals surface area contributed by atoms with Crippen LogP contribution in [0, 0.1) is 0 Å². The van der Waals surface area contributed by atoms with Crippen molar-refractivity contribution < 1.29 is 18.3 Å². The first kappa shape index (κ1) is 24.6. The second kappa shape index (κ2) is 12.3. The van der Waals surface area contributed by atoms with Crippen molar-refractivity contribution in [1.82, 2.24) is 9.21 Å². The number of nitrogens with zero attached hydrogens (tertiary/aromatic N) is 5. The number of benzene rings is 2. The molecule has 0 N–H and O–H groups in total. The molecule has 182 valence electrons. The molecule has 2 aromatic rings. The van der Waals surface area contributed by atoms with E-state index in [-0.39, 0.29) is 5.90 Å². The number of anilines is 1. The van der Waals surface area contributed by atoms with Gasteiger partial charge in [-0.2, -0.15) is 5.10 Å². The standard InChI is InChI=1S/C24H29F2N5O2S/c1-27-28-24(33-18-23(25)26)20-9-7-19(8-10-20)15-31(21-5-3-2-4-6-21)34-30-13-11-29(12-14-30)22-16-32-17-22/h2-10,22-23H,1,11-18H2/b28-24-. The largest absolute Gasteiger partial charge is 0.470 e. The van der Waals surface area contributed by atoms with Crippen LogP contribution in [-0.4, -0.2) is 80.3 Å². The number of halogens is 2. The molecule has 0 amide bonds. The summed E-state index contributed by atoms with van der Waals surface area (Å²) in [6.07, 6.45) is -2.59. The summed E-state index contributed by atoms with van der Waals surface area (Å²) in [5.41, 5.74) is 2.77. The summed E-state index contributed by atoms with van der Waals surface area (Å²) in [7, 11) is 0. The number of alkyl halides is 2. The molecule has 0 spiro atoms. The molecular formula is C24H29F2N5O2S. The zero-order valence-corrected chi connectivity index (χ0v) is 19.7. The maximum absolute atomic E-state index is 12.5. The van der Waals surface area contributed by atoms with Crippen molar-refractivity contribution in [3.63, 3.8) is 0 Å². The van der Waals surface area contributed by atoms with Crippen LogP contribution >= 0.6 is 12.1 Å². The third-order valence-corrected chi connectivity index (χ3v) is 6.84. The van der Waals surface area contributed by atoms with Gasteiger partial charge in [0.05, 0.1) is 25.8 Å². The lowest BCUT2D eigenvalue weighted by molar-refractivity contribution is -0.0717. The highest BCUT2D eigenvalue weighted by atomic mass is 32.2. The number of ether oxygens (including phenoxy) is 2. The smallest absolute Gasteiger partial charge is 0.272 e. The average Bonchev–Trinajstić information content (AvgIpc) is 2.82. The molecule has 4 rings (SSSR count). The molecule has 10 heteroatoms. The van der Waals surface area contributed by atoms with Crippen LogP contribution in [0.25, 0.3) is 0 Å². The Balaban J connectivity index is 1.41. The fraction of sp³-hybridized carbons (Fsp3) is 0.417. The van der Waals surface area contributed by atoms with Gasteiger partial charge in [0, 0.05) is 56.3 Å². The predicted octanol–water partition coefficient (Wildman–Crippen LogP) is 3.92. The third kappa shape index (κ3) is 6.75. The Labute approximate surface area is 203 Å². The second-order valence-electron chi connectivity index (χ2n) is 8.06. The second-order valence-corrected chi connectivity index (χ2v) is 9.18. The number of hydrogen-bond acceptors (Lipinski definition) is 8. The van der Waals surface area contributed by atoms with Crippen LogP contribution in [0.15, 0.2) is 64.8 Å². The Morgan fingerprint density at radius 2 is 1.79 bits per heavy atom. The van der Waals surface area contributed by atoms with E-state index in [9.17, 15) is 8.78 Å². The van der Waals surface area contributed by atoms with Crippen LogP contribution in [0.3, 0.4) is 0 Å². The molecule has 2 aliphatic rings. The molecule has 2 fully saturated rings. The first-order valence-electron chi connectivity index (χ1n) is 11.2. The molecule has 0 saturated carbocycles. The molecule has 0 aromatic heterocycles. The van der Waals surface area contributed by atoms with E-state index in [1.54, 1.807) is 24.3 Å². The van der Waals surface area contributed by atoms with Crippen LogP contribution in [0.1, 0.15) is 11.1 Å². The number of piperazine rings is 1. The van der Waals surface area contributed by atoms with Gasteiger partial charge in [-0.1, -0.05) is 30.3 Å². The molecule has 0 bridgehead atoms. The summed E-state index contributed by atoms with van der Waals surface area (Å²) >= 11 is 1.74. The van der Waals surface area contributed by atoms with E-state index in [1.165, 1.54) is 0 Å². The summed E-state index contributed by atoms with van der Waals surface area (Å²) in [6, 6.07) is 18.4. The Morgan fingerprint density at radius 1 is 1.09 bits per heavy atom. The van der Waals surface area contributed by atoms with Crippen LogP contribution < -0.4 is 4.31 Å². The zero-order valence-electron chi connectivity index (χ0n) is 18.9. The molecule has 2 aromatic carbocycles. The Kier molecular flexibility index (Phi) is 8.86. The molecule has 34 heavy (non-hydrogen) atoms. The third-order valence-electron chi connectivity index (χ3n) is 5.70. The average molecular weight is 490 g/mol. The van der Waals surface area contributed by atoms with Gasteiger partial charge in [0.1, 0.15) is 0 Å². The summed E-state index contributed by atoms with van der Waals surface area (Å²) < 4.78 is 40.2. The molecule has 0 atom stereocenters. The summed E-state index contributed by atoms with van der Waals surface area (Å²) in [5, 5.41) is 7.18. The molecule has 7 nitrogen and oxygen atoms in total. The Hall–Kier alpha value is -2.53. The molecule has 2 heterocycles. The van der Waals surface area contributed by atoms with Crippen molar-refractivity contribution in [2.45, 2.75) is 19.0 Å². The number of hydrogen-bond donors (Lipinski definition) is 0. The lowest BCUT2D eigenvalue weighted by Gasteiger charge is -2.43. The summed E-state index contributed by atoms with van der Waals surface area (Å²) in [6.45, 7) is 8.97. The topological polar surface area (TPSA) is 52.9 Å². The molecule has 2 aliphatic heterocycles. The molecule has 0 radical (unpaired) electrons. The fourth-order valence-corrected chi connectivity index (χ4v) is 4.81. The van der Waals surface area contributed by atoms with Gasteiger partial charge in [-0.05, 0) is 29.8 Å². The van der Waals surface area contributed by atoms with Gasteiger partial charge in [0.2, 0.25) is 5.90 Å². The van der Waals surface area contributed by atoms with Crippen molar-refractivity contribution in [2.24, 2.45) is 10.2 Å². The zero-order chi connectivity index (χ0) is 23.8. The van der Waals surface area contributed by atoms with Gasteiger partial charge in [-0.15, -0.1) is 5.10 Å². The van der Waals surface area contributed by atoms with Crippen molar-refractivity contribution in [2.75, 3.05) is 50.3 Å². The minimum atomic E-state index is -2.59. The number of rotatable bonds is 10. The quantitative estimate of drug-likeness (QED) is 0.218. The minimum absolute atomic E-state index is 0.0332. The lowest BCUT2D eigenvalue weighted by atomic mass is 10.1. The number of para-hydroxylation sites is 1. The van der Waals surface area contributed by atoms with E-state index in [2.05, 4.69) is 42.6 Å².